The van der Waals surface area contributed by atoms with Crippen molar-refractivity contribution in [1.29, 1.82) is 0 Å². The first kappa shape index (κ1) is 18.3. The number of amides is 3. The zero-order valence-corrected chi connectivity index (χ0v) is 14.3. The molecule has 0 saturated carbocycles. The molecule has 1 aromatic rings. The zero-order chi connectivity index (χ0) is 18.8. The average molecular weight is 371 g/mol. The van der Waals surface area contributed by atoms with Crippen LogP contribution >= 0.6 is 0 Å². The van der Waals surface area contributed by atoms with Crippen molar-refractivity contribution in [2.24, 2.45) is 0 Å². The maximum Gasteiger partial charge on any atom is 0.410 e. The van der Waals surface area contributed by atoms with E-state index in [0.717, 1.165) is 18.6 Å². The molecule has 9 heteroatoms. The molecule has 3 rings (SSSR count). The van der Waals surface area contributed by atoms with Crippen molar-refractivity contribution in [2.45, 2.75) is 38.3 Å². The summed E-state index contributed by atoms with van der Waals surface area (Å²) in [4.78, 5) is 27.3. The molecule has 1 N–H and O–H groups in total. The second kappa shape index (κ2) is 7.43. The number of rotatable bonds is 3. The molecule has 142 valence electrons. The number of carbonyl (C=O) groups is 2. The van der Waals surface area contributed by atoms with Crippen LogP contribution in [0.3, 0.4) is 0 Å². The maximum atomic E-state index is 13.7. The van der Waals surface area contributed by atoms with Crippen molar-refractivity contribution in [2.75, 3.05) is 25.0 Å². The molecule has 2 heterocycles. The molecule has 2 aliphatic heterocycles. The lowest BCUT2D eigenvalue weighted by atomic mass is 10.0. The third kappa shape index (κ3) is 3.56. The predicted octanol–water partition coefficient (Wildman–Crippen LogP) is 3.33. The van der Waals surface area contributed by atoms with Crippen LogP contribution in [-0.2, 0) is 4.74 Å². The molecule has 0 bridgehead atoms. The highest BCUT2D eigenvalue weighted by molar-refractivity contribution is 5.89. The van der Waals surface area contributed by atoms with Gasteiger partial charge in [0.25, 0.3) is 0 Å². The molecule has 2 aliphatic rings. The summed E-state index contributed by atoms with van der Waals surface area (Å²) in [5.41, 5.74) is -0.412. The molecule has 1 aromatic carbocycles. The van der Waals surface area contributed by atoms with E-state index >= 15 is 0 Å². The maximum absolute atomic E-state index is 13.7. The van der Waals surface area contributed by atoms with E-state index in [0.29, 0.717) is 32.5 Å². The fourth-order valence-electron chi connectivity index (χ4n) is 3.25. The molecular formula is C17H20F3N3O3. The molecular weight excluding hydrogens is 351 g/mol. The molecule has 2 fully saturated rings. The Morgan fingerprint density at radius 2 is 1.92 bits per heavy atom. The second-order valence-electron chi connectivity index (χ2n) is 6.44. The number of likely N-dealkylation sites (tertiary alicyclic amines) is 1. The summed E-state index contributed by atoms with van der Waals surface area (Å²) in [5, 5.41) is 2.26. The normalized spacial score (nSPS) is 21.1. The monoisotopic (exact) mass is 371 g/mol. The van der Waals surface area contributed by atoms with Crippen LogP contribution in [0.5, 0.6) is 0 Å². The van der Waals surface area contributed by atoms with Gasteiger partial charge in [-0.25, -0.2) is 22.8 Å². The van der Waals surface area contributed by atoms with Crippen molar-refractivity contribution in [3.63, 3.8) is 0 Å². The van der Waals surface area contributed by atoms with Crippen LogP contribution in [0.4, 0.5) is 28.4 Å². The minimum Gasteiger partial charge on any atom is -0.444 e. The van der Waals surface area contributed by atoms with E-state index in [2.05, 4.69) is 5.32 Å². The van der Waals surface area contributed by atoms with E-state index in [4.69, 9.17) is 4.74 Å². The molecule has 0 aliphatic carbocycles. The Balaban J connectivity index is 1.56. The van der Waals surface area contributed by atoms with E-state index in [1.54, 1.807) is 4.90 Å². The van der Waals surface area contributed by atoms with Crippen molar-refractivity contribution in [3.05, 3.63) is 29.6 Å². The molecule has 1 unspecified atom stereocenters. The Labute approximate surface area is 148 Å². The Morgan fingerprint density at radius 3 is 2.54 bits per heavy atom. The minimum atomic E-state index is -1.63. The SMILES string of the molecule is CCC1CN(C2CCN(C(=O)Nc3ccc(F)c(F)c3F)CC2)C(=O)O1. The highest BCUT2D eigenvalue weighted by atomic mass is 19.2. The predicted molar refractivity (Wildman–Crippen MR) is 87.2 cm³/mol. The molecule has 6 nitrogen and oxygen atoms in total. The number of hydrogen-bond acceptors (Lipinski definition) is 3. The van der Waals surface area contributed by atoms with Gasteiger partial charge in [0.15, 0.2) is 17.5 Å². The first-order valence-corrected chi connectivity index (χ1v) is 8.57. The number of ether oxygens (including phenoxy) is 1. The number of nitrogens with one attached hydrogen (secondary N) is 1. The van der Waals surface area contributed by atoms with E-state index in [-0.39, 0.29) is 18.2 Å². The summed E-state index contributed by atoms with van der Waals surface area (Å²) < 4.78 is 45.1. The molecule has 0 spiro atoms. The Hall–Kier alpha value is -2.45. The van der Waals surface area contributed by atoms with Gasteiger partial charge >= 0.3 is 12.1 Å². The third-order valence-electron chi connectivity index (χ3n) is 4.83. The number of carbonyl (C=O) groups excluding carboxylic acids is 2. The largest absolute Gasteiger partial charge is 0.444 e. The highest BCUT2D eigenvalue weighted by Gasteiger charge is 2.37. The lowest BCUT2D eigenvalue weighted by Crippen LogP contribution is -2.48. The van der Waals surface area contributed by atoms with E-state index in [1.165, 1.54) is 4.90 Å². The minimum absolute atomic E-state index is 0.0110. The third-order valence-corrected chi connectivity index (χ3v) is 4.83. The molecule has 0 radical (unpaired) electrons. The quantitative estimate of drug-likeness (QED) is 0.829. The van der Waals surface area contributed by atoms with Crippen molar-refractivity contribution >= 4 is 17.8 Å². The van der Waals surface area contributed by atoms with Crippen LogP contribution in [0.25, 0.3) is 0 Å². The van der Waals surface area contributed by atoms with Gasteiger partial charge in [0.05, 0.1) is 12.2 Å². The van der Waals surface area contributed by atoms with Gasteiger partial charge in [-0.3, -0.25) is 0 Å². The van der Waals surface area contributed by atoms with Gasteiger partial charge in [-0.05, 0) is 31.4 Å². The molecule has 1 atom stereocenters. The summed E-state index contributed by atoms with van der Waals surface area (Å²) in [6.07, 6.45) is 1.46. The summed E-state index contributed by atoms with van der Waals surface area (Å²) in [5.74, 6) is -4.37. The molecule has 2 saturated heterocycles. The number of benzene rings is 1. The Bertz CT molecular complexity index is 708. The number of hydrogen-bond donors (Lipinski definition) is 1. The average Bonchev–Trinajstić information content (AvgIpc) is 3.03. The zero-order valence-electron chi connectivity index (χ0n) is 14.3. The van der Waals surface area contributed by atoms with Gasteiger partial charge in [0.2, 0.25) is 0 Å². The van der Waals surface area contributed by atoms with E-state index in [9.17, 15) is 22.8 Å². The summed E-state index contributed by atoms with van der Waals surface area (Å²) in [6, 6.07) is 1.12. The molecule has 0 aromatic heterocycles. The van der Waals surface area contributed by atoms with Gasteiger partial charge in [-0.1, -0.05) is 6.92 Å². The standard InChI is InChI=1S/C17H20F3N3O3/c1-2-11-9-23(17(25)26-11)10-5-7-22(8-6-10)16(24)21-13-4-3-12(18)14(19)15(13)20/h3-4,10-11H,2,5-9H2,1H3,(H,21,24). The van der Waals surface area contributed by atoms with Crippen LogP contribution in [-0.4, -0.2) is 53.7 Å². The number of piperidine rings is 1. The number of cyclic esters (lactones) is 1. The van der Waals surface area contributed by atoms with Gasteiger partial charge < -0.3 is 19.9 Å². The summed E-state index contributed by atoms with van der Waals surface area (Å²) >= 11 is 0. The topological polar surface area (TPSA) is 61.9 Å². The van der Waals surface area contributed by atoms with Crippen LogP contribution in [0.1, 0.15) is 26.2 Å². The van der Waals surface area contributed by atoms with Gasteiger partial charge in [-0.15, -0.1) is 0 Å². The van der Waals surface area contributed by atoms with Crippen molar-refractivity contribution < 1.29 is 27.5 Å². The highest BCUT2D eigenvalue weighted by Crippen LogP contribution is 2.25. The van der Waals surface area contributed by atoms with Crippen molar-refractivity contribution in [3.8, 4) is 0 Å². The van der Waals surface area contributed by atoms with E-state index < -0.39 is 29.2 Å². The summed E-state index contributed by atoms with van der Waals surface area (Å²) in [6.45, 7) is 3.23. The number of halogens is 3. The van der Waals surface area contributed by atoms with Gasteiger partial charge in [-0.2, -0.15) is 0 Å². The Kier molecular flexibility index (Phi) is 5.24. The van der Waals surface area contributed by atoms with Crippen LogP contribution < -0.4 is 5.32 Å². The van der Waals surface area contributed by atoms with Crippen molar-refractivity contribution in [1.82, 2.24) is 9.80 Å². The number of urea groups is 1. The first-order chi connectivity index (χ1) is 12.4. The fourth-order valence-corrected chi connectivity index (χ4v) is 3.25. The van der Waals surface area contributed by atoms with Crippen LogP contribution in [0.2, 0.25) is 0 Å². The molecule has 26 heavy (non-hydrogen) atoms. The number of anilines is 1. The molecule has 3 amide bonds. The van der Waals surface area contributed by atoms with Gasteiger partial charge in [0, 0.05) is 19.1 Å². The fraction of sp³-hybridized carbons (Fsp3) is 0.529. The van der Waals surface area contributed by atoms with Crippen LogP contribution in [0, 0.1) is 17.5 Å². The summed E-state index contributed by atoms with van der Waals surface area (Å²) in [7, 11) is 0. The second-order valence-corrected chi connectivity index (χ2v) is 6.44. The lowest BCUT2D eigenvalue weighted by molar-refractivity contribution is 0.116. The van der Waals surface area contributed by atoms with Gasteiger partial charge in [0.1, 0.15) is 6.10 Å². The Morgan fingerprint density at radius 1 is 1.23 bits per heavy atom. The van der Waals surface area contributed by atoms with Crippen LogP contribution in [0.15, 0.2) is 12.1 Å². The lowest BCUT2D eigenvalue weighted by Gasteiger charge is -2.35. The van der Waals surface area contributed by atoms with E-state index in [1.807, 2.05) is 6.92 Å². The number of nitrogens with zero attached hydrogens (tertiary/aromatic N) is 2. The first-order valence-electron chi connectivity index (χ1n) is 8.57. The smallest absolute Gasteiger partial charge is 0.410 e.